The van der Waals surface area contributed by atoms with Crippen molar-refractivity contribution >= 4 is 5.97 Å². The van der Waals surface area contributed by atoms with E-state index in [4.69, 9.17) is 19.2 Å². The summed E-state index contributed by atoms with van der Waals surface area (Å²) in [5.41, 5.74) is 3.68. The van der Waals surface area contributed by atoms with E-state index >= 15 is 0 Å². The van der Waals surface area contributed by atoms with E-state index in [1.54, 1.807) is 6.07 Å². The van der Waals surface area contributed by atoms with Gasteiger partial charge in [-0.3, -0.25) is 4.79 Å². The lowest BCUT2D eigenvalue weighted by atomic mass is 10.1. The summed E-state index contributed by atoms with van der Waals surface area (Å²) in [6, 6.07) is 19.5. The first-order valence-electron chi connectivity index (χ1n) is 11.2. The van der Waals surface area contributed by atoms with Crippen LogP contribution in [-0.2, 0) is 4.79 Å². The van der Waals surface area contributed by atoms with E-state index in [0.29, 0.717) is 12.4 Å². The van der Waals surface area contributed by atoms with Gasteiger partial charge in [0.25, 0.3) is 0 Å². The molecule has 3 aromatic rings. The second-order valence-electron chi connectivity index (χ2n) is 7.67. The molecule has 0 saturated heterocycles. The van der Waals surface area contributed by atoms with Crippen LogP contribution < -0.4 is 14.2 Å². The van der Waals surface area contributed by atoms with Crippen molar-refractivity contribution in [2.24, 2.45) is 0 Å². The maximum Gasteiger partial charge on any atom is 0.308 e. The second kappa shape index (κ2) is 11.3. The van der Waals surface area contributed by atoms with Crippen molar-refractivity contribution in [2.75, 3.05) is 6.61 Å². The number of nitrogens with zero attached hydrogens (tertiary/aromatic N) is 1. The third kappa shape index (κ3) is 6.33. The molecular formula is C27H31NO4. The van der Waals surface area contributed by atoms with Crippen molar-refractivity contribution in [3.8, 4) is 28.5 Å². The molecule has 32 heavy (non-hydrogen) atoms. The van der Waals surface area contributed by atoms with Crippen LogP contribution in [-0.4, -0.2) is 17.6 Å². The predicted molar refractivity (Wildman–Crippen MR) is 126 cm³/mol. The number of ether oxygens (including phenoxy) is 3. The first-order chi connectivity index (χ1) is 15.5. The molecule has 0 bridgehead atoms. The number of benzene rings is 2. The summed E-state index contributed by atoms with van der Waals surface area (Å²) in [4.78, 5) is 16.2. The Kier molecular flexibility index (Phi) is 8.26. The molecule has 0 saturated carbocycles. The van der Waals surface area contributed by atoms with Gasteiger partial charge in [0.1, 0.15) is 23.4 Å². The van der Waals surface area contributed by atoms with Crippen LogP contribution in [0.3, 0.4) is 0 Å². The summed E-state index contributed by atoms with van der Waals surface area (Å²) in [5, 5.41) is 0. The Hall–Kier alpha value is -3.34. The lowest BCUT2D eigenvalue weighted by Crippen LogP contribution is -2.10. The van der Waals surface area contributed by atoms with Crippen molar-refractivity contribution in [2.45, 2.75) is 53.1 Å². The molecule has 168 valence electrons. The molecule has 1 heterocycles. The summed E-state index contributed by atoms with van der Waals surface area (Å²) < 4.78 is 17.1. The van der Waals surface area contributed by atoms with Crippen molar-refractivity contribution in [3.05, 3.63) is 71.9 Å². The van der Waals surface area contributed by atoms with Crippen LogP contribution in [0.15, 0.2) is 60.7 Å². The van der Waals surface area contributed by atoms with Gasteiger partial charge in [0.15, 0.2) is 0 Å². The molecule has 1 aromatic heterocycles. The number of esters is 1. The van der Waals surface area contributed by atoms with Crippen LogP contribution in [0.25, 0.3) is 11.3 Å². The monoisotopic (exact) mass is 433 g/mol. The summed E-state index contributed by atoms with van der Waals surface area (Å²) in [5.74, 6) is 1.79. The number of hydrogen-bond acceptors (Lipinski definition) is 5. The number of carbonyl (C=O) groups is 1. The van der Waals surface area contributed by atoms with Crippen LogP contribution >= 0.6 is 0 Å². The molecule has 3 rings (SSSR count). The lowest BCUT2D eigenvalue weighted by Gasteiger charge is -2.20. The number of pyridine rings is 1. The van der Waals surface area contributed by atoms with E-state index in [9.17, 15) is 4.79 Å². The van der Waals surface area contributed by atoms with Crippen molar-refractivity contribution in [1.82, 2.24) is 4.98 Å². The molecule has 1 unspecified atom stereocenters. The minimum Gasteiger partial charge on any atom is -0.494 e. The number of aromatic nitrogens is 1. The van der Waals surface area contributed by atoms with E-state index in [-0.39, 0.29) is 12.1 Å². The molecule has 0 aliphatic heterocycles. The Morgan fingerprint density at radius 2 is 1.75 bits per heavy atom. The van der Waals surface area contributed by atoms with E-state index < -0.39 is 0 Å². The van der Waals surface area contributed by atoms with Gasteiger partial charge in [-0.25, -0.2) is 4.98 Å². The Bertz CT molecular complexity index is 1030. The Balaban J connectivity index is 1.83. The summed E-state index contributed by atoms with van der Waals surface area (Å²) in [6.07, 6.45) is 2.80. The van der Waals surface area contributed by atoms with Gasteiger partial charge < -0.3 is 14.2 Å². The normalized spacial score (nSPS) is 11.6. The number of carbonyl (C=O) groups excluding carboxylic acids is 1. The van der Waals surface area contributed by atoms with Crippen LogP contribution in [0.2, 0.25) is 0 Å². The van der Waals surface area contributed by atoms with Gasteiger partial charge in [0.05, 0.1) is 18.0 Å². The van der Waals surface area contributed by atoms with E-state index in [0.717, 1.165) is 53.3 Å². The standard InChI is InChI=1S/C27H31NO4/c1-5-7-11-27(32-23-16-17-26(19(3)18-23)31-20(4)29)25-10-8-9-24(28-25)21-12-14-22(15-13-21)30-6-2/h8-10,12-18,27H,5-7,11H2,1-4H3. The average molecular weight is 434 g/mol. The molecule has 0 spiro atoms. The van der Waals surface area contributed by atoms with Gasteiger partial charge in [-0.2, -0.15) is 0 Å². The second-order valence-corrected chi connectivity index (χ2v) is 7.67. The van der Waals surface area contributed by atoms with Gasteiger partial charge in [0.2, 0.25) is 0 Å². The number of rotatable bonds is 10. The number of unbranched alkanes of at least 4 members (excludes halogenated alkanes) is 1. The van der Waals surface area contributed by atoms with Crippen molar-refractivity contribution < 1.29 is 19.0 Å². The largest absolute Gasteiger partial charge is 0.494 e. The maximum atomic E-state index is 11.3. The van der Waals surface area contributed by atoms with Gasteiger partial charge in [-0.1, -0.05) is 19.4 Å². The van der Waals surface area contributed by atoms with Gasteiger partial charge >= 0.3 is 5.97 Å². The molecule has 0 radical (unpaired) electrons. The highest BCUT2D eigenvalue weighted by Gasteiger charge is 2.17. The molecule has 5 nitrogen and oxygen atoms in total. The molecule has 0 N–H and O–H groups in total. The fourth-order valence-electron chi connectivity index (χ4n) is 3.47. The topological polar surface area (TPSA) is 57.7 Å². The molecular weight excluding hydrogens is 402 g/mol. The molecule has 5 heteroatoms. The van der Waals surface area contributed by atoms with Gasteiger partial charge in [0, 0.05) is 12.5 Å². The third-order valence-corrected chi connectivity index (χ3v) is 5.06. The van der Waals surface area contributed by atoms with Gasteiger partial charge in [-0.15, -0.1) is 0 Å². The molecule has 0 aliphatic rings. The molecule has 0 fully saturated rings. The SMILES string of the molecule is CCCCC(Oc1ccc(OC(C)=O)c(C)c1)c1cccc(-c2ccc(OCC)cc2)n1. The molecule has 1 atom stereocenters. The molecule has 2 aromatic carbocycles. The van der Waals surface area contributed by atoms with Crippen LogP contribution in [0.1, 0.15) is 57.4 Å². The van der Waals surface area contributed by atoms with Crippen molar-refractivity contribution in [3.63, 3.8) is 0 Å². The van der Waals surface area contributed by atoms with E-state index in [1.807, 2.05) is 68.4 Å². The van der Waals surface area contributed by atoms with E-state index in [2.05, 4.69) is 6.92 Å². The predicted octanol–water partition coefficient (Wildman–Crippen LogP) is 6.69. The van der Waals surface area contributed by atoms with Crippen LogP contribution in [0, 0.1) is 6.92 Å². The number of hydrogen-bond donors (Lipinski definition) is 0. The summed E-state index contributed by atoms with van der Waals surface area (Å²) >= 11 is 0. The maximum absolute atomic E-state index is 11.3. The zero-order chi connectivity index (χ0) is 22.9. The lowest BCUT2D eigenvalue weighted by molar-refractivity contribution is -0.131. The quantitative estimate of drug-likeness (QED) is 0.263. The third-order valence-electron chi connectivity index (χ3n) is 5.06. The zero-order valence-corrected chi connectivity index (χ0v) is 19.3. The minimum absolute atomic E-state index is 0.170. The first kappa shape index (κ1) is 23.3. The molecule has 0 aliphatic carbocycles. The zero-order valence-electron chi connectivity index (χ0n) is 19.3. The van der Waals surface area contributed by atoms with Crippen LogP contribution in [0.5, 0.6) is 17.2 Å². The smallest absolute Gasteiger partial charge is 0.308 e. The first-order valence-corrected chi connectivity index (χ1v) is 11.2. The Morgan fingerprint density at radius 3 is 2.41 bits per heavy atom. The summed E-state index contributed by atoms with van der Waals surface area (Å²) in [6.45, 7) is 8.08. The number of aryl methyl sites for hydroxylation is 1. The fraction of sp³-hybridized carbons (Fsp3) is 0.333. The van der Waals surface area contributed by atoms with Crippen LogP contribution in [0.4, 0.5) is 0 Å². The highest BCUT2D eigenvalue weighted by molar-refractivity contribution is 5.70. The van der Waals surface area contributed by atoms with Crippen molar-refractivity contribution in [1.29, 1.82) is 0 Å². The fourth-order valence-corrected chi connectivity index (χ4v) is 3.47. The molecule has 0 amide bonds. The Morgan fingerprint density at radius 1 is 1.00 bits per heavy atom. The minimum atomic E-state index is -0.335. The highest BCUT2D eigenvalue weighted by Crippen LogP contribution is 2.31. The summed E-state index contributed by atoms with van der Waals surface area (Å²) in [7, 11) is 0. The average Bonchev–Trinajstić information content (AvgIpc) is 2.79. The van der Waals surface area contributed by atoms with Gasteiger partial charge in [-0.05, 0) is 86.8 Å². The highest BCUT2D eigenvalue weighted by atomic mass is 16.5. The Labute approximate surface area is 190 Å². The van der Waals surface area contributed by atoms with E-state index in [1.165, 1.54) is 6.92 Å².